The maximum Gasteiger partial charge on any atom is 0.232 e. The highest BCUT2D eigenvalue weighted by Crippen LogP contribution is 2.24. The van der Waals surface area contributed by atoms with E-state index < -0.39 is 0 Å². The third-order valence-corrected chi connectivity index (χ3v) is 2.52. The molecule has 0 saturated carbocycles. The highest BCUT2D eigenvalue weighted by atomic mass is 16.5. The molecule has 0 radical (unpaired) electrons. The Hall–Kier alpha value is -1.03. The van der Waals surface area contributed by atoms with Gasteiger partial charge in [-0.3, -0.25) is 4.68 Å². The quantitative estimate of drug-likeness (QED) is 0.735. The normalized spacial score (nSPS) is 22.2. The summed E-state index contributed by atoms with van der Waals surface area (Å²) in [5.74, 6) is 0.700. The summed E-state index contributed by atoms with van der Waals surface area (Å²) in [6.07, 6.45) is 2.45. The van der Waals surface area contributed by atoms with Crippen molar-refractivity contribution < 1.29 is 4.74 Å². The van der Waals surface area contributed by atoms with Gasteiger partial charge in [-0.15, -0.1) is 5.10 Å². The highest BCUT2D eigenvalue weighted by Gasteiger charge is 2.20. The zero-order valence-electron chi connectivity index (χ0n) is 8.08. The Kier molecular flexibility index (Phi) is 2.22. The van der Waals surface area contributed by atoms with E-state index in [2.05, 4.69) is 10.4 Å². The van der Waals surface area contributed by atoms with Crippen LogP contribution in [0.5, 0.6) is 5.88 Å². The summed E-state index contributed by atoms with van der Waals surface area (Å²) in [4.78, 5) is 0. The van der Waals surface area contributed by atoms with E-state index in [0.717, 1.165) is 6.54 Å². The van der Waals surface area contributed by atoms with E-state index in [1.165, 1.54) is 18.5 Å². The molecular formula is C9H15N3O. The van der Waals surface area contributed by atoms with Crippen LogP contribution in [-0.4, -0.2) is 23.4 Å². The van der Waals surface area contributed by atoms with Gasteiger partial charge < -0.3 is 10.1 Å². The second-order valence-electron chi connectivity index (χ2n) is 3.38. The molecule has 1 saturated heterocycles. The Labute approximate surface area is 77.9 Å². The summed E-state index contributed by atoms with van der Waals surface area (Å²) < 4.78 is 6.97. The minimum atomic E-state index is 0.460. The first-order chi connectivity index (χ1) is 6.31. The van der Waals surface area contributed by atoms with Gasteiger partial charge in [-0.1, -0.05) is 0 Å². The van der Waals surface area contributed by atoms with Crippen LogP contribution in [0.4, 0.5) is 0 Å². The van der Waals surface area contributed by atoms with Gasteiger partial charge in [0.15, 0.2) is 0 Å². The summed E-state index contributed by atoms with van der Waals surface area (Å²) in [5, 5.41) is 7.66. The maximum atomic E-state index is 5.08. The summed E-state index contributed by atoms with van der Waals surface area (Å²) in [6.45, 7) is 1.11. The fraction of sp³-hybridized carbons (Fsp3) is 0.667. The predicted molar refractivity (Wildman–Crippen MR) is 49.7 cm³/mol. The minimum absolute atomic E-state index is 0.460. The van der Waals surface area contributed by atoms with Crippen molar-refractivity contribution in [1.29, 1.82) is 0 Å². The molecule has 0 aromatic carbocycles. The van der Waals surface area contributed by atoms with Crippen LogP contribution in [0.3, 0.4) is 0 Å². The van der Waals surface area contributed by atoms with Crippen LogP contribution in [0, 0.1) is 0 Å². The first kappa shape index (κ1) is 8.56. The Morgan fingerprint density at radius 2 is 2.54 bits per heavy atom. The molecule has 0 bridgehead atoms. The molecule has 4 nitrogen and oxygen atoms in total. The highest BCUT2D eigenvalue weighted by molar-refractivity contribution is 5.19. The minimum Gasteiger partial charge on any atom is -0.480 e. The molecule has 1 aromatic rings. The number of ether oxygens (including phenoxy) is 1. The Balaban J connectivity index is 2.22. The van der Waals surface area contributed by atoms with E-state index >= 15 is 0 Å². The lowest BCUT2D eigenvalue weighted by atomic mass is 10.1. The van der Waals surface area contributed by atoms with E-state index in [-0.39, 0.29) is 0 Å². The first-order valence-electron chi connectivity index (χ1n) is 4.62. The molecule has 1 aromatic heterocycles. The van der Waals surface area contributed by atoms with Crippen molar-refractivity contribution in [3.05, 3.63) is 11.8 Å². The zero-order chi connectivity index (χ0) is 9.26. The molecule has 1 atom stereocenters. The lowest BCUT2D eigenvalue weighted by Gasteiger charge is -2.08. The summed E-state index contributed by atoms with van der Waals surface area (Å²) in [6, 6.07) is 2.46. The monoisotopic (exact) mass is 181 g/mol. The van der Waals surface area contributed by atoms with Crippen molar-refractivity contribution in [2.45, 2.75) is 18.9 Å². The van der Waals surface area contributed by atoms with Crippen LogP contribution >= 0.6 is 0 Å². The Morgan fingerprint density at radius 1 is 1.69 bits per heavy atom. The Bertz CT molecular complexity index is 289. The van der Waals surface area contributed by atoms with Crippen LogP contribution in [0.1, 0.15) is 24.6 Å². The average molecular weight is 181 g/mol. The summed E-state index contributed by atoms with van der Waals surface area (Å²) >= 11 is 0. The van der Waals surface area contributed by atoms with E-state index in [1.54, 1.807) is 7.11 Å². The zero-order valence-corrected chi connectivity index (χ0v) is 8.08. The van der Waals surface area contributed by atoms with Gasteiger partial charge in [0, 0.05) is 19.2 Å². The largest absolute Gasteiger partial charge is 0.480 e. The van der Waals surface area contributed by atoms with Gasteiger partial charge in [0.05, 0.1) is 12.8 Å². The van der Waals surface area contributed by atoms with Gasteiger partial charge in [-0.2, -0.15) is 0 Å². The Morgan fingerprint density at radius 3 is 3.08 bits per heavy atom. The standard InChI is InChI=1S/C9H15N3O/c1-12-8(6-9(11-12)13-2)7-4-3-5-10-7/h6-7,10H,3-5H2,1-2H3. The van der Waals surface area contributed by atoms with E-state index in [1.807, 2.05) is 17.8 Å². The van der Waals surface area contributed by atoms with E-state index in [4.69, 9.17) is 4.74 Å². The third-order valence-electron chi connectivity index (χ3n) is 2.52. The van der Waals surface area contributed by atoms with Crippen molar-refractivity contribution in [2.75, 3.05) is 13.7 Å². The topological polar surface area (TPSA) is 39.1 Å². The fourth-order valence-electron chi connectivity index (χ4n) is 1.82. The van der Waals surface area contributed by atoms with Crippen molar-refractivity contribution in [3.8, 4) is 5.88 Å². The molecule has 1 N–H and O–H groups in total. The van der Waals surface area contributed by atoms with Gasteiger partial charge in [0.25, 0.3) is 0 Å². The van der Waals surface area contributed by atoms with Crippen molar-refractivity contribution in [3.63, 3.8) is 0 Å². The second kappa shape index (κ2) is 3.38. The molecular weight excluding hydrogens is 166 g/mol. The van der Waals surface area contributed by atoms with Gasteiger partial charge in [0.2, 0.25) is 5.88 Å². The van der Waals surface area contributed by atoms with Gasteiger partial charge in [-0.05, 0) is 19.4 Å². The number of aromatic nitrogens is 2. The van der Waals surface area contributed by atoms with Crippen LogP contribution < -0.4 is 10.1 Å². The third kappa shape index (κ3) is 1.54. The number of aryl methyl sites for hydroxylation is 1. The molecule has 2 heterocycles. The molecule has 0 amide bonds. The molecule has 1 aliphatic rings. The average Bonchev–Trinajstić information content (AvgIpc) is 2.72. The van der Waals surface area contributed by atoms with E-state index in [9.17, 15) is 0 Å². The number of hydrogen-bond donors (Lipinski definition) is 1. The van der Waals surface area contributed by atoms with Crippen molar-refractivity contribution in [1.82, 2.24) is 15.1 Å². The fourth-order valence-corrected chi connectivity index (χ4v) is 1.82. The SMILES string of the molecule is COc1cc(C2CCCN2)n(C)n1. The molecule has 0 spiro atoms. The molecule has 0 aliphatic carbocycles. The van der Waals surface area contributed by atoms with Crippen molar-refractivity contribution >= 4 is 0 Å². The predicted octanol–water partition coefficient (Wildman–Crippen LogP) is 0.853. The summed E-state index contributed by atoms with van der Waals surface area (Å²) in [7, 11) is 3.60. The number of rotatable bonds is 2. The number of methoxy groups -OCH3 is 1. The summed E-state index contributed by atoms with van der Waals surface area (Å²) in [5.41, 5.74) is 1.22. The van der Waals surface area contributed by atoms with Crippen molar-refractivity contribution in [2.24, 2.45) is 7.05 Å². The van der Waals surface area contributed by atoms with Gasteiger partial charge >= 0.3 is 0 Å². The number of nitrogens with one attached hydrogen (secondary N) is 1. The number of nitrogens with zero attached hydrogens (tertiary/aromatic N) is 2. The molecule has 2 rings (SSSR count). The smallest absolute Gasteiger partial charge is 0.232 e. The molecule has 1 unspecified atom stereocenters. The lowest BCUT2D eigenvalue weighted by Crippen LogP contribution is -2.16. The van der Waals surface area contributed by atoms with Crippen LogP contribution in [0.2, 0.25) is 0 Å². The molecule has 1 aliphatic heterocycles. The van der Waals surface area contributed by atoms with Gasteiger partial charge in [-0.25, -0.2) is 0 Å². The van der Waals surface area contributed by atoms with Crippen LogP contribution in [0.25, 0.3) is 0 Å². The molecule has 1 fully saturated rings. The molecule has 4 heteroatoms. The molecule has 72 valence electrons. The second-order valence-corrected chi connectivity index (χ2v) is 3.38. The van der Waals surface area contributed by atoms with Gasteiger partial charge in [0.1, 0.15) is 0 Å². The first-order valence-corrected chi connectivity index (χ1v) is 4.62. The molecule has 13 heavy (non-hydrogen) atoms. The van der Waals surface area contributed by atoms with E-state index in [0.29, 0.717) is 11.9 Å². The number of hydrogen-bond acceptors (Lipinski definition) is 3. The lowest BCUT2D eigenvalue weighted by molar-refractivity contribution is 0.391. The maximum absolute atomic E-state index is 5.08. The van der Waals surface area contributed by atoms with Crippen LogP contribution in [0.15, 0.2) is 6.07 Å². The van der Waals surface area contributed by atoms with Crippen LogP contribution in [-0.2, 0) is 7.05 Å².